The summed E-state index contributed by atoms with van der Waals surface area (Å²) >= 11 is 0. The SMILES string of the molecule is C[C@H](O)[C@H]1/C=C/C=CC(=O)O[C@@H]2C[C@H]3O[C@@H]4[C@@H]5O[C@]5(C)CC[C@]4(COC(=O)[C@H]4O[C@]4(C)[C@@H](O)CO1)[C@]2(C)[C@]31CO1. The number of hydrogen-bond acceptors (Lipinski definition) is 11. The lowest BCUT2D eigenvalue weighted by Crippen LogP contribution is -2.69. The summed E-state index contributed by atoms with van der Waals surface area (Å²) in [6.07, 6.45) is 2.83. The molecule has 11 nitrogen and oxygen atoms in total. The number of hydrogen-bond donors (Lipinski definition) is 2. The lowest BCUT2D eigenvalue weighted by Gasteiger charge is -2.58. The van der Waals surface area contributed by atoms with Crippen LogP contribution in [0.1, 0.15) is 47.0 Å². The lowest BCUT2D eigenvalue weighted by molar-refractivity contribution is -0.251. The van der Waals surface area contributed by atoms with E-state index in [1.54, 1.807) is 26.0 Å². The molecule has 2 N–H and O–H groups in total. The number of aliphatic hydroxyl groups is 2. The third-order valence-corrected chi connectivity index (χ3v) is 11.1. The molecule has 2 spiro atoms. The highest BCUT2D eigenvalue weighted by Gasteiger charge is 2.86. The zero-order valence-electron chi connectivity index (χ0n) is 23.2. The summed E-state index contributed by atoms with van der Waals surface area (Å²) in [5.41, 5.74) is -3.54. The average molecular weight is 563 g/mol. The maximum atomic E-state index is 13.4. The Kier molecular flexibility index (Phi) is 5.80. The highest BCUT2D eigenvalue weighted by atomic mass is 16.7. The quantitative estimate of drug-likeness (QED) is 0.344. The first-order valence-electron chi connectivity index (χ1n) is 14.3. The molecule has 2 bridgehead atoms. The molecule has 5 heterocycles. The molecular formula is C29H38O11. The summed E-state index contributed by atoms with van der Waals surface area (Å²) in [5.74, 6) is -1.10. The third kappa shape index (κ3) is 3.55. The van der Waals surface area contributed by atoms with Crippen LogP contribution in [0.3, 0.4) is 0 Å². The van der Waals surface area contributed by atoms with E-state index in [2.05, 4.69) is 13.8 Å². The summed E-state index contributed by atoms with van der Waals surface area (Å²) in [4.78, 5) is 26.4. The number of carbonyl (C=O) groups excluding carboxylic acids is 2. The van der Waals surface area contributed by atoms with Crippen molar-refractivity contribution in [1.82, 2.24) is 0 Å². The van der Waals surface area contributed by atoms with E-state index in [1.807, 2.05) is 0 Å². The minimum Gasteiger partial charge on any atom is -0.463 e. The van der Waals surface area contributed by atoms with E-state index < -0.39 is 64.5 Å². The first-order valence-corrected chi connectivity index (χ1v) is 14.3. The van der Waals surface area contributed by atoms with Crippen molar-refractivity contribution < 1.29 is 53.0 Å². The third-order valence-electron chi connectivity index (χ3n) is 11.1. The summed E-state index contributed by atoms with van der Waals surface area (Å²) in [6.45, 7) is 7.67. The number of rotatable bonds is 1. The lowest BCUT2D eigenvalue weighted by atomic mass is 9.50. The van der Waals surface area contributed by atoms with Crippen LogP contribution in [-0.2, 0) is 42.7 Å². The molecule has 0 aromatic carbocycles. The Bertz CT molecular complexity index is 1160. The van der Waals surface area contributed by atoms with Crippen molar-refractivity contribution in [2.45, 2.75) is 113 Å². The van der Waals surface area contributed by atoms with Gasteiger partial charge in [-0.25, -0.2) is 9.59 Å². The van der Waals surface area contributed by atoms with Crippen molar-refractivity contribution in [2.24, 2.45) is 10.8 Å². The van der Waals surface area contributed by atoms with Gasteiger partial charge in [-0.3, -0.25) is 0 Å². The maximum Gasteiger partial charge on any atom is 0.338 e. The van der Waals surface area contributed by atoms with Gasteiger partial charge in [0.15, 0.2) is 6.10 Å². The molecule has 0 unspecified atom stereocenters. The summed E-state index contributed by atoms with van der Waals surface area (Å²) in [7, 11) is 0. The molecule has 13 atom stereocenters. The van der Waals surface area contributed by atoms with Gasteiger partial charge in [-0.15, -0.1) is 0 Å². The number of cyclic esters (lactones) is 1. The minimum atomic E-state index is -1.18. The number of epoxide rings is 3. The van der Waals surface area contributed by atoms with Crippen molar-refractivity contribution in [1.29, 1.82) is 0 Å². The van der Waals surface area contributed by atoms with Crippen LogP contribution < -0.4 is 0 Å². The zero-order valence-corrected chi connectivity index (χ0v) is 23.2. The van der Waals surface area contributed by atoms with Crippen molar-refractivity contribution in [3.8, 4) is 0 Å². The van der Waals surface area contributed by atoms with Gasteiger partial charge in [-0.05, 0) is 33.6 Å². The Morgan fingerprint density at radius 1 is 1.02 bits per heavy atom. The minimum absolute atomic E-state index is 0.0139. The van der Waals surface area contributed by atoms with Gasteiger partial charge in [0.2, 0.25) is 0 Å². The first-order chi connectivity index (χ1) is 18.9. The van der Waals surface area contributed by atoms with Crippen LogP contribution in [0.2, 0.25) is 0 Å². The molecule has 40 heavy (non-hydrogen) atoms. The smallest absolute Gasteiger partial charge is 0.338 e. The second-order valence-electron chi connectivity index (χ2n) is 13.2. The highest BCUT2D eigenvalue weighted by Crippen LogP contribution is 2.75. The molecule has 220 valence electrons. The monoisotopic (exact) mass is 562 g/mol. The summed E-state index contributed by atoms with van der Waals surface area (Å²) < 4.78 is 42.6. The topological polar surface area (TPSA) is 149 Å². The molecule has 6 fully saturated rings. The second kappa shape index (κ2) is 8.59. The van der Waals surface area contributed by atoms with Crippen LogP contribution in [0.15, 0.2) is 24.3 Å². The number of fused-ring (bicyclic) bond motifs is 3. The molecule has 11 heteroatoms. The van der Waals surface area contributed by atoms with Gasteiger partial charge in [0, 0.05) is 17.9 Å². The van der Waals surface area contributed by atoms with Gasteiger partial charge in [-0.1, -0.05) is 25.2 Å². The van der Waals surface area contributed by atoms with E-state index in [1.165, 1.54) is 12.2 Å². The molecule has 2 aliphatic carbocycles. The fourth-order valence-electron chi connectivity index (χ4n) is 8.09. The molecule has 0 radical (unpaired) electrons. The Morgan fingerprint density at radius 2 is 1.80 bits per heavy atom. The van der Waals surface area contributed by atoms with E-state index in [0.717, 1.165) is 6.42 Å². The Labute approximate surface area is 232 Å². The van der Waals surface area contributed by atoms with E-state index in [9.17, 15) is 19.8 Å². The normalized spacial score (nSPS) is 56.4. The largest absolute Gasteiger partial charge is 0.463 e. The average Bonchev–Trinajstić information content (AvgIpc) is 3.81. The van der Waals surface area contributed by atoms with Crippen LogP contribution in [0.4, 0.5) is 0 Å². The van der Waals surface area contributed by atoms with Gasteiger partial charge >= 0.3 is 11.9 Å². The van der Waals surface area contributed by atoms with Gasteiger partial charge in [-0.2, -0.15) is 0 Å². The Balaban J connectivity index is 1.25. The molecule has 7 aliphatic rings. The van der Waals surface area contributed by atoms with Crippen LogP contribution in [0, 0.1) is 10.8 Å². The summed E-state index contributed by atoms with van der Waals surface area (Å²) in [5, 5.41) is 20.9. The van der Waals surface area contributed by atoms with Crippen molar-refractivity contribution in [3.63, 3.8) is 0 Å². The molecule has 0 amide bonds. The van der Waals surface area contributed by atoms with Crippen molar-refractivity contribution in [3.05, 3.63) is 24.3 Å². The molecule has 2 saturated carbocycles. The van der Waals surface area contributed by atoms with E-state index >= 15 is 0 Å². The Hall–Kier alpha value is -1.86. The van der Waals surface area contributed by atoms with Crippen LogP contribution in [-0.4, -0.2) is 108 Å². The first kappa shape index (κ1) is 27.0. The molecule has 0 aromatic heterocycles. The standard InChI is InChI=1S/C29H38O11/c1-15(30)16-7-5-6-8-20(32)37-18-11-19-29(14-36-29)27(18,4)28(10-9-25(2)21(39-25)22(28)38-19)13-35-24(33)23-26(3,40-23)17(31)12-34-16/h5-8,15-19,21-23,30-31H,9-14H2,1-4H3/b7-5+,8-6?/t15-,16+,17-,18+,19+,21-,22+,23+,25+,26+,27+,28+,29-/m0/s1. The highest BCUT2D eigenvalue weighted by molar-refractivity contribution is 5.82. The number of allylic oxidation sites excluding steroid dienone is 2. The van der Waals surface area contributed by atoms with E-state index in [0.29, 0.717) is 19.4 Å². The van der Waals surface area contributed by atoms with Crippen molar-refractivity contribution >= 4 is 11.9 Å². The molecule has 7 rings (SSSR count). The zero-order chi connectivity index (χ0) is 28.3. The Morgan fingerprint density at radius 3 is 2.52 bits per heavy atom. The fourth-order valence-corrected chi connectivity index (χ4v) is 8.09. The number of carbonyl (C=O) groups is 2. The van der Waals surface area contributed by atoms with E-state index in [4.69, 9.17) is 33.2 Å². The van der Waals surface area contributed by atoms with Crippen molar-refractivity contribution in [2.75, 3.05) is 19.8 Å². The van der Waals surface area contributed by atoms with Gasteiger partial charge in [0.1, 0.15) is 42.2 Å². The summed E-state index contributed by atoms with van der Waals surface area (Å²) in [6, 6.07) is 0. The van der Waals surface area contributed by atoms with Gasteiger partial charge < -0.3 is 43.4 Å². The van der Waals surface area contributed by atoms with E-state index in [-0.39, 0.29) is 37.1 Å². The van der Waals surface area contributed by atoms with Crippen LogP contribution in [0.5, 0.6) is 0 Å². The molecule has 5 aliphatic heterocycles. The number of aliphatic hydroxyl groups excluding tert-OH is 2. The maximum absolute atomic E-state index is 13.4. The number of esters is 2. The predicted octanol–water partition coefficient (Wildman–Crippen LogP) is 0.736. The second-order valence-corrected chi connectivity index (χ2v) is 13.2. The van der Waals surface area contributed by atoms with Crippen LogP contribution >= 0.6 is 0 Å². The number of ether oxygens (including phenoxy) is 7. The molecule has 0 aromatic rings. The van der Waals surface area contributed by atoms with Crippen LogP contribution in [0.25, 0.3) is 0 Å². The molecular weight excluding hydrogens is 524 g/mol. The molecule has 4 saturated heterocycles. The van der Waals surface area contributed by atoms with Gasteiger partial charge in [0.25, 0.3) is 0 Å². The fraction of sp³-hybridized carbons (Fsp3) is 0.793. The van der Waals surface area contributed by atoms with Gasteiger partial charge in [0.05, 0.1) is 42.5 Å². The predicted molar refractivity (Wildman–Crippen MR) is 135 cm³/mol.